The molecule has 0 radical (unpaired) electrons. The molecule has 0 bridgehead atoms. The third-order valence-electron chi connectivity index (χ3n) is 1.96. The summed E-state index contributed by atoms with van der Waals surface area (Å²) in [4.78, 5) is 4.06. The normalized spacial score (nSPS) is 10.1. The van der Waals surface area contributed by atoms with E-state index in [1.165, 1.54) is 12.1 Å². The second kappa shape index (κ2) is 4.49. The number of halogens is 2. The average molecular weight is 282 g/mol. The third-order valence-corrected chi connectivity index (χ3v) is 2.65. The molecule has 1 aromatic carbocycles. The molecule has 3 nitrogen and oxygen atoms in total. The van der Waals surface area contributed by atoms with Crippen molar-refractivity contribution in [1.82, 2.24) is 4.98 Å². The van der Waals surface area contributed by atoms with E-state index in [1.54, 1.807) is 24.3 Å². The number of nitrogens with zero attached hydrogens (tertiary/aromatic N) is 1. The van der Waals surface area contributed by atoms with Gasteiger partial charge in [0, 0.05) is 4.47 Å². The number of hydrogen-bond acceptors (Lipinski definition) is 3. The van der Waals surface area contributed by atoms with Gasteiger partial charge in [-0.15, -0.1) is 0 Å². The van der Waals surface area contributed by atoms with Crippen LogP contribution >= 0.6 is 15.9 Å². The largest absolute Gasteiger partial charge is 0.384 e. The van der Waals surface area contributed by atoms with Gasteiger partial charge in [-0.1, -0.05) is 6.07 Å². The van der Waals surface area contributed by atoms with Crippen molar-refractivity contribution >= 4 is 33.3 Å². The summed E-state index contributed by atoms with van der Waals surface area (Å²) in [7, 11) is 0. The highest BCUT2D eigenvalue weighted by molar-refractivity contribution is 9.10. The molecule has 0 atom stereocenters. The smallest absolute Gasteiger partial charge is 0.132 e. The lowest BCUT2D eigenvalue weighted by Gasteiger charge is -2.08. The van der Waals surface area contributed by atoms with E-state index in [0.29, 0.717) is 17.3 Å². The molecule has 5 heteroatoms. The Hall–Kier alpha value is -1.62. The molecule has 3 N–H and O–H groups in total. The molecule has 2 rings (SSSR count). The molecule has 16 heavy (non-hydrogen) atoms. The number of benzene rings is 1. The van der Waals surface area contributed by atoms with Gasteiger partial charge in [-0.2, -0.15) is 0 Å². The first-order valence-electron chi connectivity index (χ1n) is 4.60. The molecular weight excluding hydrogens is 273 g/mol. The van der Waals surface area contributed by atoms with Crippen molar-refractivity contribution in [2.24, 2.45) is 0 Å². The Morgan fingerprint density at radius 1 is 1.25 bits per heavy atom. The summed E-state index contributed by atoms with van der Waals surface area (Å²) in [6, 6.07) is 9.61. The molecular formula is C11H9BrFN3. The van der Waals surface area contributed by atoms with Crippen LogP contribution in [0.5, 0.6) is 0 Å². The zero-order chi connectivity index (χ0) is 11.5. The molecule has 0 unspecified atom stereocenters. The summed E-state index contributed by atoms with van der Waals surface area (Å²) in [6.07, 6.45) is 0. The second-order valence-corrected chi connectivity index (χ2v) is 4.05. The molecule has 0 aliphatic heterocycles. The van der Waals surface area contributed by atoms with Gasteiger partial charge in [0.1, 0.15) is 17.5 Å². The van der Waals surface area contributed by atoms with Crippen LogP contribution in [0.1, 0.15) is 0 Å². The maximum absolute atomic E-state index is 13.0. The number of aromatic nitrogens is 1. The van der Waals surface area contributed by atoms with Crippen LogP contribution in [-0.4, -0.2) is 4.98 Å². The van der Waals surface area contributed by atoms with Gasteiger partial charge in [-0.3, -0.25) is 0 Å². The van der Waals surface area contributed by atoms with Gasteiger partial charge in [-0.05, 0) is 46.3 Å². The Balaban J connectivity index is 2.30. The van der Waals surface area contributed by atoms with Crippen molar-refractivity contribution in [3.63, 3.8) is 0 Å². The molecule has 0 fully saturated rings. The molecule has 0 aliphatic rings. The van der Waals surface area contributed by atoms with Crippen LogP contribution in [0.3, 0.4) is 0 Å². The Morgan fingerprint density at radius 2 is 2.06 bits per heavy atom. The molecule has 1 aromatic heterocycles. The molecule has 1 heterocycles. The average Bonchev–Trinajstić information content (AvgIpc) is 2.24. The molecule has 82 valence electrons. The first kappa shape index (κ1) is 10.9. The summed E-state index contributed by atoms with van der Waals surface area (Å²) in [6.45, 7) is 0. The fourth-order valence-electron chi connectivity index (χ4n) is 1.25. The second-order valence-electron chi connectivity index (χ2n) is 3.20. The fraction of sp³-hybridized carbons (Fsp3) is 0. The molecule has 0 aliphatic carbocycles. The van der Waals surface area contributed by atoms with Crippen molar-refractivity contribution in [3.8, 4) is 0 Å². The Labute approximate surface area is 101 Å². The summed E-state index contributed by atoms with van der Waals surface area (Å²) in [5.74, 6) is 0.679. The number of nitrogens with one attached hydrogen (secondary N) is 1. The topological polar surface area (TPSA) is 50.9 Å². The minimum Gasteiger partial charge on any atom is -0.384 e. The quantitative estimate of drug-likeness (QED) is 0.888. The zero-order valence-electron chi connectivity index (χ0n) is 8.24. The number of anilines is 3. The summed E-state index contributed by atoms with van der Waals surface area (Å²) >= 11 is 3.32. The van der Waals surface area contributed by atoms with Crippen molar-refractivity contribution in [1.29, 1.82) is 0 Å². The van der Waals surface area contributed by atoms with E-state index < -0.39 is 0 Å². The van der Waals surface area contributed by atoms with Gasteiger partial charge >= 0.3 is 0 Å². The number of hydrogen-bond donors (Lipinski definition) is 2. The Bertz CT molecular complexity index is 516. The van der Waals surface area contributed by atoms with Gasteiger partial charge in [0.15, 0.2) is 0 Å². The van der Waals surface area contributed by atoms with E-state index in [-0.39, 0.29) is 5.82 Å². The fourth-order valence-corrected chi connectivity index (χ4v) is 1.60. The van der Waals surface area contributed by atoms with E-state index in [1.807, 2.05) is 0 Å². The van der Waals surface area contributed by atoms with Gasteiger partial charge < -0.3 is 11.1 Å². The van der Waals surface area contributed by atoms with Gasteiger partial charge in [-0.25, -0.2) is 9.37 Å². The maximum Gasteiger partial charge on any atom is 0.132 e. The summed E-state index contributed by atoms with van der Waals surface area (Å²) < 4.78 is 13.8. The minimum atomic E-state index is -0.311. The van der Waals surface area contributed by atoms with E-state index >= 15 is 0 Å². The van der Waals surface area contributed by atoms with Crippen LogP contribution in [-0.2, 0) is 0 Å². The molecule has 0 saturated heterocycles. The lowest BCUT2D eigenvalue weighted by Crippen LogP contribution is -1.97. The van der Waals surface area contributed by atoms with Crippen LogP contribution in [0.15, 0.2) is 40.9 Å². The summed E-state index contributed by atoms with van der Waals surface area (Å²) in [5, 5.41) is 2.98. The number of pyridine rings is 1. The lowest BCUT2D eigenvalue weighted by molar-refractivity contribution is 0.628. The van der Waals surface area contributed by atoms with E-state index in [4.69, 9.17) is 5.73 Å². The Kier molecular flexibility index (Phi) is 3.05. The zero-order valence-corrected chi connectivity index (χ0v) is 9.83. The van der Waals surface area contributed by atoms with Crippen LogP contribution in [0, 0.1) is 5.82 Å². The van der Waals surface area contributed by atoms with Crippen molar-refractivity contribution in [2.75, 3.05) is 11.1 Å². The molecule has 0 spiro atoms. The highest BCUT2D eigenvalue weighted by atomic mass is 79.9. The van der Waals surface area contributed by atoms with Crippen molar-refractivity contribution in [2.45, 2.75) is 0 Å². The number of rotatable bonds is 2. The first-order chi connectivity index (χ1) is 7.65. The number of nitrogen functional groups attached to an aromatic ring is 1. The van der Waals surface area contributed by atoms with E-state index in [2.05, 4.69) is 26.2 Å². The Morgan fingerprint density at radius 3 is 2.81 bits per heavy atom. The van der Waals surface area contributed by atoms with Crippen LogP contribution in [0.25, 0.3) is 0 Å². The standard InChI is InChI=1S/C11H9BrFN3/c12-8-5-4-7(13)6-9(8)15-11-3-1-2-10(14)16-11/h1-6H,(H3,14,15,16). The predicted molar refractivity (Wildman–Crippen MR) is 66.0 cm³/mol. The van der Waals surface area contributed by atoms with E-state index in [9.17, 15) is 4.39 Å². The van der Waals surface area contributed by atoms with Crippen molar-refractivity contribution in [3.05, 3.63) is 46.7 Å². The summed E-state index contributed by atoms with van der Waals surface area (Å²) in [5.41, 5.74) is 6.15. The monoisotopic (exact) mass is 281 g/mol. The highest BCUT2D eigenvalue weighted by Gasteiger charge is 2.02. The molecule has 0 amide bonds. The van der Waals surface area contributed by atoms with E-state index in [0.717, 1.165) is 4.47 Å². The maximum atomic E-state index is 13.0. The molecule has 0 saturated carbocycles. The van der Waals surface area contributed by atoms with Gasteiger partial charge in [0.05, 0.1) is 5.69 Å². The molecule has 2 aromatic rings. The van der Waals surface area contributed by atoms with Gasteiger partial charge in [0.25, 0.3) is 0 Å². The lowest BCUT2D eigenvalue weighted by atomic mass is 10.3. The predicted octanol–water partition coefficient (Wildman–Crippen LogP) is 3.31. The van der Waals surface area contributed by atoms with Gasteiger partial charge in [0.2, 0.25) is 0 Å². The minimum absolute atomic E-state index is 0.311. The van der Waals surface area contributed by atoms with Crippen molar-refractivity contribution < 1.29 is 4.39 Å². The van der Waals surface area contributed by atoms with Crippen LogP contribution in [0.2, 0.25) is 0 Å². The highest BCUT2D eigenvalue weighted by Crippen LogP contribution is 2.25. The first-order valence-corrected chi connectivity index (χ1v) is 5.39. The third kappa shape index (κ3) is 2.49. The van der Waals surface area contributed by atoms with Crippen LogP contribution in [0.4, 0.5) is 21.7 Å². The number of nitrogens with two attached hydrogens (primary N) is 1. The van der Waals surface area contributed by atoms with Crippen LogP contribution < -0.4 is 11.1 Å². The SMILES string of the molecule is Nc1cccc(Nc2cc(F)ccc2Br)n1.